The van der Waals surface area contributed by atoms with Gasteiger partial charge in [-0.1, -0.05) is 29.3 Å². The van der Waals surface area contributed by atoms with Crippen molar-refractivity contribution in [1.29, 1.82) is 0 Å². The van der Waals surface area contributed by atoms with Crippen LogP contribution < -0.4 is 16.0 Å². The summed E-state index contributed by atoms with van der Waals surface area (Å²) < 4.78 is 0. The maximum absolute atomic E-state index is 12.2. The maximum atomic E-state index is 12.2. The third-order valence-corrected chi connectivity index (χ3v) is 4.80. The van der Waals surface area contributed by atoms with E-state index in [9.17, 15) is 9.59 Å². The minimum Gasteiger partial charge on any atom is -0.369 e. The molecular weight excluding hydrogens is 337 g/mol. The zero-order valence-electron chi connectivity index (χ0n) is 13.1. The number of hydrogen-bond acceptors (Lipinski definition) is 2. The average molecular weight is 359 g/mol. The van der Waals surface area contributed by atoms with E-state index in [0.717, 1.165) is 29.8 Å². The molecule has 0 aromatic heterocycles. The Labute approximate surface area is 146 Å². The molecule has 2 amide bonds. The van der Waals surface area contributed by atoms with Crippen LogP contribution in [0.5, 0.6) is 0 Å². The van der Waals surface area contributed by atoms with E-state index in [0.29, 0.717) is 23.1 Å². The lowest BCUT2D eigenvalue weighted by Gasteiger charge is -2.28. The Kier molecular flexibility index (Phi) is 6.27. The van der Waals surface area contributed by atoms with Crippen molar-refractivity contribution >= 4 is 35.0 Å². The van der Waals surface area contributed by atoms with Gasteiger partial charge in [-0.05, 0) is 37.5 Å². The van der Waals surface area contributed by atoms with Crippen LogP contribution in [-0.2, 0) is 9.59 Å². The molecule has 5 nitrogen and oxygen atoms in total. The fraction of sp³-hybridized carbons (Fsp3) is 0.500. The van der Waals surface area contributed by atoms with Crippen LogP contribution in [0.15, 0.2) is 18.2 Å². The third kappa shape index (κ3) is 5.09. The van der Waals surface area contributed by atoms with Gasteiger partial charge in [0.1, 0.15) is 0 Å². The van der Waals surface area contributed by atoms with Gasteiger partial charge < -0.3 is 16.0 Å². The normalized spacial score (nSPS) is 22.4. The van der Waals surface area contributed by atoms with Crippen LogP contribution in [0.4, 0.5) is 0 Å². The second kappa shape index (κ2) is 7.99. The van der Waals surface area contributed by atoms with Crippen molar-refractivity contribution in [1.82, 2.24) is 5.32 Å². The van der Waals surface area contributed by atoms with Crippen molar-refractivity contribution < 1.29 is 14.5 Å². The van der Waals surface area contributed by atoms with Crippen molar-refractivity contribution in [2.24, 2.45) is 11.7 Å². The van der Waals surface area contributed by atoms with Gasteiger partial charge in [0.15, 0.2) is 6.54 Å². The topological polar surface area (TPSA) is 76.6 Å². The second-order valence-corrected chi connectivity index (χ2v) is 6.92. The van der Waals surface area contributed by atoms with Crippen LogP contribution in [0, 0.1) is 5.92 Å². The van der Waals surface area contributed by atoms with Crippen LogP contribution >= 0.6 is 23.2 Å². The molecule has 1 aliphatic rings. The Morgan fingerprint density at radius 2 is 2.17 bits per heavy atom. The molecule has 1 fully saturated rings. The highest BCUT2D eigenvalue weighted by Gasteiger charge is 2.28. The lowest BCUT2D eigenvalue weighted by Crippen LogP contribution is -3.15. The third-order valence-electron chi connectivity index (χ3n) is 4.24. The first kappa shape index (κ1) is 18.0. The minimum atomic E-state index is -0.274. The molecule has 0 aliphatic carbocycles. The van der Waals surface area contributed by atoms with Crippen LogP contribution in [0.25, 0.3) is 0 Å². The fourth-order valence-electron chi connectivity index (χ4n) is 3.00. The van der Waals surface area contributed by atoms with E-state index in [-0.39, 0.29) is 23.8 Å². The van der Waals surface area contributed by atoms with Crippen LogP contribution in [0.2, 0.25) is 10.0 Å². The molecule has 0 radical (unpaired) electrons. The van der Waals surface area contributed by atoms with Crippen molar-refractivity contribution in [3.63, 3.8) is 0 Å². The quantitative estimate of drug-likeness (QED) is 0.732. The summed E-state index contributed by atoms with van der Waals surface area (Å²) in [5, 5.41) is 4.04. The smallest absolute Gasteiger partial charge is 0.275 e. The van der Waals surface area contributed by atoms with Gasteiger partial charge in [0.2, 0.25) is 5.91 Å². The van der Waals surface area contributed by atoms with Crippen LogP contribution in [0.1, 0.15) is 31.4 Å². The second-order valence-electron chi connectivity index (χ2n) is 6.08. The number of piperidine rings is 1. The zero-order chi connectivity index (χ0) is 17.0. The number of carbonyl (C=O) groups excluding carboxylic acids is 2. The fourth-order valence-corrected chi connectivity index (χ4v) is 3.58. The summed E-state index contributed by atoms with van der Waals surface area (Å²) in [6, 6.07) is 5.02. The number of nitrogens with two attached hydrogens (primary N) is 1. The van der Waals surface area contributed by atoms with E-state index in [1.807, 2.05) is 13.0 Å². The Bertz CT molecular complexity index is 595. The molecule has 2 rings (SSSR count). The van der Waals surface area contributed by atoms with Gasteiger partial charge in [0.25, 0.3) is 5.91 Å². The molecule has 7 heteroatoms. The number of carbonyl (C=O) groups is 2. The number of likely N-dealkylation sites (tertiary alicyclic amines) is 1. The van der Waals surface area contributed by atoms with Gasteiger partial charge in [0, 0.05) is 10.0 Å². The Morgan fingerprint density at radius 1 is 1.43 bits per heavy atom. The summed E-state index contributed by atoms with van der Waals surface area (Å²) >= 11 is 12.0. The number of halogens is 2. The molecule has 23 heavy (non-hydrogen) atoms. The number of nitrogens with one attached hydrogen (secondary N) is 2. The molecule has 1 aliphatic heterocycles. The van der Waals surface area contributed by atoms with E-state index in [4.69, 9.17) is 28.9 Å². The first-order valence-corrected chi connectivity index (χ1v) is 8.49. The summed E-state index contributed by atoms with van der Waals surface area (Å²) in [5.74, 6) is -0.470. The summed E-state index contributed by atoms with van der Waals surface area (Å²) in [5.41, 5.74) is 6.19. The number of rotatable bonds is 5. The van der Waals surface area contributed by atoms with Crippen LogP contribution in [0.3, 0.4) is 0 Å². The van der Waals surface area contributed by atoms with Crippen molar-refractivity contribution in [3.05, 3.63) is 33.8 Å². The molecule has 1 unspecified atom stereocenters. The number of quaternary nitrogens is 1. The highest BCUT2D eigenvalue weighted by Crippen LogP contribution is 2.25. The summed E-state index contributed by atoms with van der Waals surface area (Å²) in [7, 11) is 0. The molecule has 4 N–H and O–H groups in total. The summed E-state index contributed by atoms with van der Waals surface area (Å²) in [6.45, 7) is 3.72. The van der Waals surface area contributed by atoms with Crippen molar-refractivity contribution in [2.45, 2.75) is 25.8 Å². The molecule has 3 atom stereocenters. The highest BCUT2D eigenvalue weighted by atomic mass is 35.5. The predicted molar refractivity (Wildman–Crippen MR) is 90.5 cm³/mol. The molecule has 1 aromatic rings. The molecule has 0 saturated carbocycles. The highest BCUT2D eigenvalue weighted by molar-refractivity contribution is 6.35. The largest absolute Gasteiger partial charge is 0.369 e. The van der Waals surface area contributed by atoms with E-state index in [1.54, 1.807) is 12.1 Å². The Balaban J connectivity index is 1.90. The van der Waals surface area contributed by atoms with Crippen molar-refractivity contribution in [2.75, 3.05) is 19.6 Å². The first-order valence-electron chi connectivity index (χ1n) is 7.74. The standard InChI is InChI=1S/C16H21Cl2N3O2/c1-10(13-5-4-12(17)7-14(13)18)20-15(22)9-21-6-2-3-11(8-21)16(19)23/h4-5,7,10-11H,2-3,6,8-9H2,1H3,(H2,19,23)(H,20,22)/p+1/t10-,11-/m0/s1. The zero-order valence-corrected chi connectivity index (χ0v) is 14.6. The minimum absolute atomic E-state index is 0.0661. The molecule has 1 aromatic carbocycles. The number of hydrogen-bond donors (Lipinski definition) is 3. The van der Waals surface area contributed by atoms with Crippen molar-refractivity contribution in [3.8, 4) is 0 Å². The van der Waals surface area contributed by atoms with E-state index >= 15 is 0 Å². The van der Waals surface area contributed by atoms with Gasteiger partial charge in [0.05, 0.1) is 25.0 Å². The first-order chi connectivity index (χ1) is 10.9. The van der Waals surface area contributed by atoms with Crippen LogP contribution in [-0.4, -0.2) is 31.4 Å². The summed E-state index contributed by atoms with van der Waals surface area (Å²) in [4.78, 5) is 24.6. The number of amides is 2. The Hall–Kier alpha value is -1.30. The van der Waals surface area contributed by atoms with E-state index in [2.05, 4.69) is 5.32 Å². The molecular formula is C16H22Cl2N3O2+. The monoisotopic (exact) mass is 358 g/mol. The van der Waals surface area contributed by atoms with E-state index < -0.39 is 0 Å². The maximum Gasteiger partial charge on any atom is 0.275 e. The lowest BCUT2D eigenvalue weighted by atomic mass is 9.97. The van der Waals surface area contributed by atoms with Gasteiger partial charge in [-0.3, -0.25) is 9.59 Å². The lowest BCUT2D eigenvalue weighted by molar-refractivity contribution is -0.899. The van der Waals surface area contributed by atoms with Gasteiger partial charge >= 0.3 is 0 Å². The Morgan fingerprint density at radius 3 is 2.83 bits per heavy atom. The predicted octanol–water partition coefficient (Wildman–Crippen LogP) is 0.951. The summed E-state index contributed by atoms with van der Waals surface area (Å²) in [6.07, 6.45) is 1.73. The number of primary amides is 1. The van der Waals surface area contributed by atoms with Gasteiger partial charge in [-0.25, -0.2) is 0 Å². The SMILES string of the molecule is C[C@H](NC(=O)C[NH+]1CCC[C@H](C(N)=O)C1)c1ccc(Cl)cc1Cl. The molecule has 126 valence electrons. The molecule has 0 spiro atoms. The van der Waals surface area contributed by atoms with Gasteiger partial charge in [-0.2, -0.15) is 0 Å². The van der Waals surface area contributed by atoms with E-state index in [1.165, 1.54) is 0 Å². The number of benzene rings is 1. The van der Waals surface area contributed by atoms with Gasteiger partial charge in [-0.15, -0.1) is 0 Å². The molecule has 1 saturated heterocycles. The molecule has 0 bridgehead atoms. The molecule has 1 heterocycles. The average Bonchev–Trinajstić information content (AvgIpc) is 2.47.